The molecule has 12 heteroatoms. The molecule has 2 heterocycles. The molecule has 0 bridgehead atoms. The van der Waals surface area contributed by atoms with Gasteiger partial charge in [0.15, 0.2) is 9.84 Å². The lowest BCUT2D eigenvalue weighted by molar-refractivity contribution is -0.137. The Kier molecular flexibility index (Phi) is 4.69. The van der Waals surface area contributed by atoms with Gasteiger partial charge in [-0.25, -0.2) is 8.42 Å². The summed E-state index contributed by atoms with van der Waals surface area (Å²) >= 11 is 0. The van der Waals surface area contributed by atoms with Gasteiger partial charge in [-0.05, 0) is 23.8 Å². The summed E-state index contributed by atoms with van der Waals surface area (Å²) in [6.07, 6.45) is -4.15. The second-order valence-electron chi connectivity index (χ2n) is 5.89. The Morgan fingerprint density at radius 1 is 1.35 bits per heavy atom. The van der Waals surface area contributed by atoms with Gasteiger partial charge in [-0.15, -0.1) is 10.2 Å². The Labute approximate surface area is 146 Å². The van der Waals surface area contributed by atoms with Crippen LogP contribution in [0.25, 0.3) is 11.4 Å². The van der Waals surface area contributed by atoms with E-state index in [4.69, 9.17) is 0 Å². The van der Waals surface area contributed by atoms with Crippen LogP contribution in [0, 0.1) is 0 Å². The maximum atomic E-state index is 12.8. The van der Waals surface area contributed by atoms with Crippen LogP contribution in [0.1, 0.15) is 12.0 Å². The average Bonchev–Trinajstić information content (AvgIpc) is 3.13. The molecule has 0 saturated carbocycles. The first-order chi connectivity index (χ1) is 12.1. The van der Waals surface area contributed by atoms with Gasteiger partial charge in [-0.3, -0.25) is 4.79 Å². The second-order valence-corrected chi connectivity index (χ2v) is 8.12. The quantitative estimate of drug-likeness (QED) is 0.823. The summed E-state index contributed by atoms with van der Waals surface area (Å²) < 4.78 is 61.0. The van der Waals surface area contributed by atoms with Crippen LogP contribution in [0.2, 0.25) is 0 Å². The van der Waals surface area contributed by atoms with Crippen molar-refractivity contribution in [3.05, 3.63) is 29.8 Å². The van der Waals surface area contributed by atoms with E-state index in [1.807, 2.05) is 0 Å². The van der Waals surface area contributed by atoms with Crippen LogP contribution in [0.3, 0.4) is 0 Å². The van der Waals surface area contributed by atoms with Crippen LogP contribution < -0.4 is 5.32 Å². The fourth-order valence-corrected chi connectivity index (χ4v) is 4.24. The first-order valence-electron chi connectivity index (χ1n) is 7.58. The number of hydrogen-bond acceptors (Lipinski definition) is 6. The molecule has 8 nitrogen and oxygen atoms in total. The number of carbonyl (C=O) groups excluding carboxylic acids is 1. The van der Waals surface area contributed by atoms with Crippen LogP contribution in [-0.2, 0) is 27.4 Å². The Morgan fingerprint density at radius 2 is 2.12 bits per heavy atom. The largest absolute Gasteiger partial charge is 0.416 e. The third-order valence-electron chi connectivity index (χ3n) is 3.78. The molecule has 2 aromatic rings. The molecule has 1 fully saturated rings. The van der Waals surface area contributed by atoms with Crippen molar-refractivity contribution in [2.24, 2.45) is 0 Å². The van der Waals surface area contributed by atoms with Gasteiger partial charge < -0.3 is 5.32 Å². The normalized spacial score (nSPS) is 19.4. The highest BCUT2D eigenvalue weighted by Crippen LogP contribution is 2.31. The number of sulfone groups is 1. The number of aromatic nitrogens is 4. The highest BCUT2D eigenvalue weighted by molar-refractivity contribution is 7.91. The number of amides is 1. The molecule has 1 atom stereocenters. The van der Waals surface area contributed by atoms with E-state index in [2.05, 4.69) is 20.7 Å². The topological polar surface area (TPSA) is 107 Å². The minimum Gasteiger partial charge on any atom is -0.351 e. The zero-order chi connectivity index (χ0) is 18.9. The molecule has 140 valence electrons. The van der Waals surface area contributed by atoms with Crippen molar-refractivity contribution in [2.45, 2.75) is 25.2 Å². The summed E-state index contributed by atoms with van der Waals surface area (Å²) in [5.41, 5.74) is -0.722. The van der Waals surface area contributed by atoms with E-state index in [0.29, 0.717) is 6.42 Å². The lowest BCUT2D eigenvalue weighted by atomic mass is 10.1. The third-order valence-corrected chi connectivity index (χ3v) is 5.55. The zero-order valence-electron chi connectivity index (χ0n) is 13.3. The maximum absolute atomic E-state index is 12.8. The predicted molar refractivity (Wildman–Crippen MR) is 83.5 cm³/mol. The van der Waals surface area contributed by atoms with Gasteiger partial charge in [0.2, 0.25) is 11.7 Å². The molecular formula is C14H14F3N5O3S. The van der Waals surface area contributed by atoms with Crippen molar-refractivity contribution >= 4 is 15.7 Å². The summed E-state index contributed by atoms with van der Waals surface area (Å²) in [6.45, 7) is -0.317. The number of nitrogens with zero attached hydrogens (tertiary/aromatic N) is 4. The van der Waals surface area contributed by atoms with Crippen LogP contribution >= 0.6 is 0 Å². The van der Waals surface area contributed by atoms with E-state index in [1.165, 1.54) is 12.1 Å². The molecule has 0 spiro atoms. The van der Waals surface area contributed by atoms with E-state index in [0.717, 1.165) is 16.9 Å². The Bertz CT molecular complexity index is 926. The second kappa shape index (κ2) is 6.67. The molecule has 1 N–H and O–H groups in total. The highest BCUT2D eigenvalue weighted by Gasteiger charge is 2.31. The van der Waals surface area contributed by atoms with Crippen LogP contribution in [0.15, 0.2) is 24.3 Å². The van der Waals surface area contributed by atoms with Gasteiger partial charge in [-0.2, -0.15) is 18.0 Å². The number of rotatable bonds is 4. The fraction of sp³-hybridized carbons (Fsp3) is 0.429. The molecule has 1 aliphatic rings. The molecule has 26 heavy (non-hydrogen) atoms. The molecule has 0 radical (unpaired) electrons. The summed E-state index contributed by atoms with van der Waals surface area (Å²) in [4.78, 5) is 12.9. The van der Waals surface area contributed by atoms with Gasteiger partial charge in [0.05, 0.1) is 17.1 Å². The smallest absolute Gasteiger partial charge is 0.351 e. The van der Waals surface area contributed by atoms with Gasteiger partial charge in [0.25, 0.3) is 0 Å². The summed E-state index contributed by atoms with van der Waals surface area (Å²) in [7, 11) is -3.12. The molecule has 1 amide bonds. The van der Waals surface area contributed by atoms with Crippen LogP contribution in [-0.4, -0.2) is 52.1 Å². The van der Waals surface area contributed by atoms with Gasteiger partial charge in [0.1, 0.15) is 6.54 Å². The van der Waals surface area contributed by atoms with Crippen LogP contribution in [0.4, 0.5) is 13.2 Å². The zero-order valence-corrected chi connectivity index (χ0v) is 14.1. The molecular weight excluding hydrogens is 375 g/mol. The standard InChI is InChI=1S/C14H14F3N5O3S/c15-14(16,17)10-3-1-2-9(6-10)13-19-21-22(20-13)7-12(23)18-11-4-5-26(24,25)8-11/h1-3,6,11H,4-5,7-8H2,(H,18,23)/t11-/m0/s1. The average molecular weight is 389 g/mol. The highest BCUT2D eigenvalue weighted by atomic mass is 32.2. The number of benzene rings is 1. The Hall–Kier alpha value is -2.50. The van der Waals surface area contributed by atoms with Crippen molar-refractivity contribution in [3.8, 4) is 11.4 Å². The Balaban J connectivity index is 1.66. The molecule has 1 aliphatic heterocycles. The van der Waals surface area contributed by atoms with E-state index in [1.54, 1.807) is 0 Å². The monoisotopic (exact) mass is 389 g/mol. The summed E-state index contributed by atoms with van der Waals surface area (Å²) in [5, 5.41) is 13.8. The molecule has 1 aromatic carbocycles. The summed E-state index contributed by atoms with van der Waals surface area (Å²) in [6, 6.07) is 3.99. The maximum Gasteiger partial charge on any atom is 0.416 e. The van der Waals surface area contributed by atoms with Crippen molar-refractivity contribution in [1.29, 1.82) is 0 Å². The number of alkyl halides is 3. The third kappa shape index (κ3) is 4.36. The van der Waals surface area contributed by atoms with Gasteiger partial charge in [-0.1, -0.05) is 12.1 Å². The number of tetrazole rings is 1. The minimum atomic E-state index is -4.49. The van der Waals surface area contributed by atoms with E-state index >= 15 is 0 Å². The SMILES string of the molecule is O=C(Cn1nnc(-c2cccc(C(F)(F)F)c2)n1)N[C@H]1CCS(=O)(=O)C1. The van der Waals surface area contributed by atoms with E-state index < -0.39 is 33.5 Å². The van der Waals surface area contributed by atoms with Crippen molar-refractivity contribution in [3.63, 3.8) is 0 Å². The Morgan fingerprint density at radius 3 is 2.77 bits per heavy atom. The van der Waals surface area contributed by atoms with Crippen LogP contribution in [0.5, 0.6) is 0 Å². The van der Waals surface area contributed by atoms with Crippen molar-refractivity contribution in [2.75, 3.05) is 11.5 Å². The lowest BCUT2D eigenvalue weighted by Gasteiger charge is -2.09. The van der Waals surface area contributed by atoms with Gasteiger partial charge >= 0.3 is 6.18 Å². The van der Waals surface area contributed by atoms with E-state index in [9.17, 15) is 26.4 Å². The number of carbonyl (C=O) groups is 1. The molecule has 3 rings (SSSR count). The van der Waals surface area contributed by atoms with Crippen molar-refractivity contribution in [1.82, 2.24) is 25.5 Å². The minimum absolute atomic E-state index is 0.0270. The molecule has 1 aromatic heterocycles. The predicted octanol–water partition coefficient (Wildman–Crippen LogP) is 0.662. The number of hydrogen-bond donors (Lipinski definition) is 1. The first kappa shape index (κ1) is 18.3. The molecule has 1 saturated heterocycles. The fourth-order valence-electron chi connectivity index (χ4n) is 2.57. The number of halogens is 3. The number of nitrogens with one attached hydrogen (secondary N) is 1. The lowest BCUT2D eigenvalue weighted by Crippen LogP contribution is -2.38. The van der Waals surface area contributed by atoms with E-state index in [-0.39, 0.29) is 29.4 Å². The molecule has 0 aliphatic carbocycles. The summed E-state index contributed by atoms with van der Waals surface area (Å²) in [5.74, 6) is -0.634. The van der Waals surface area contributed by atoms with Gasteiger partial charge in [0, 0.05) is 11.6 Å². The first-order valence-corrected chi connectivity index (χ1v) is 9.40. The van der Waals surface area contributed by atoms with Crippen molar-refractivity contribution < 1.29 is 26.4 Å². The molecule has 0 unspecified atom stereocenters.